The number of fused-ring (bicyclic) bond motifs is 7. The van der Waals surface area contributed by atoms with Gasteiger partial charge in [-0.15, -0.1) is 0 Å². The second kappa shape index (κ2) is 13.3. The van der Waals surface area contributed by atoms with Crippen molar-refractivity contribution in [2.75, 3.05) is 19.8 Å². The Hall–Kier alpha value is -1.11. The Balaban J connectivity index is 1.40. The molecule has 0 radical (unpaired) electrons. The topological polar surface area (TPSA) is 177 Å². The Morgan fingerprint density at radius 2 is 1.62 bits per heavy atom. The van der Waals surface area contributed by atoms with Gasteiger partial charge in [-0.25, -0.2) is 0 Å². The van der Waals surface area contributed by atoms with E-state index in [4.69, 9.17) is 9.47 Å². The first-order valence-electron chi connectivity index (χ1n) is 19.6. The standard InChI is InChI=1S/C40H66O10/c1-7-8-9-10-23-17-40(34(47)48)16-15-35(2,21-41)18-25(40)24-11-12-29-36(3)19-26(43)32(50-33-31(46)30(45)27(44)20-49-33)37(4,22-42)28(36)13-14-38(29,5)39(23,24)6/h11,23,25-33,41-46H,7-10,12-22H2,1-6H3,(H,47,48)/t23-,25-,26+,27+,28-,29+,30-,31+,32+,33-,35-,36-,37-,38+,39+,40-/m0/s1. The molecule has 0 bridgehead atoms. The van der Waals surface area contributed by atoms with E-state index in [1.165, 1.54) is 5.57 Å². The number of aliphatic carboxylic acids is 1. The molecule has 6 aliphatic rings. The molecule has 0 amide bonds. The summed E-state index contributed by atoms with van der Waals surface area (Å²) in [6.07, 6.45) is 4.79. The first-order chi connectivity index (χ1) is 23.4. The molecule has 286 valence electrons. The highest BCUT2D eigenvalue weighted by molar-refractivity contribution is 5.77. The van der Waals surface area contributed by atoms with Crippen molar-refractivity contribution in [3.05, 3.63) is 11.6 Å². The van der Waals surface area contributed by atoms with Crippen molar-refractivity contribution in [2.45, 2.75) is 155 Å². The number of rotatable bonds is 9. The van der Waals surface area contributed by atoms with Crippen LogP contribution in [0.4, 0.5) is 0 Å². The predicted octanol–water partition coefficient (Wildman–Crippen LogP) is 4.42. The molecule has 5 aliphatic carbocycles. The van der Waals surface area contributed by atoms with Crippen molar-refractivity contribution in [3.8, 4) is 0 Å². The highest BCUT2D eigenvalue weighted by Crippen LogP contribution is 2.77. The third-order valence-electron chi connectivity index (χ3n) is 16.5. The molecule has 0 aromatic heterocycles. The minimum Gasteiger partial charge on any atom is -0.481 e. The van der Waals surface area contributed by atoms with E-state index in [1.54, 1.807) is 0 Å². The second-order valence-corrected chi connectivity index (χ2v) is 19.0. The van der Waals surface area contributed by atoms with Gasteiger partial charge in [-0.3, -0.25) is 4.79 Å². The summed E-state index contributed by atoms with van der Waals surface area (Å²) in [5.41, 5.74) is -1.63. The van der Waals surface area contributed by atoms with Gasteiger partial charge >= 0.3 is 5.97 Å². The van der Waals surface area contributed by atoms with Crippen LogP contribution in [0.15, 0.2) is 11.6 Å². The highest BCUT2D eigenvalue weighted by Gasteiger charge is 2.73. The Labute approximate surface area is 298 Å². The summed E-state index contributed by atoms with van der Waals surface area (Å²) in [7, 11) is 0. The number of carbonyl (C=O) groups is 1. The molecule has 1 saturated heterocycles. The fourth-order valence-electron chi connectivity index (χ4n) is 13.4. The summed E-state index contributed by atoms with van der Waals surface area (Å²) in [5, 5.41) is 75.7. The molecule has 1 aliphatic heterocycles. The molecule has 0 aromatic rings. The molecule has 10 nitrogen and oxygen atoms in total. The minimum atomic E-state index is -1.50. The van der Waals surface area contributed by atoms with Crippen molar-refractivity contribution in [2.24, 2.45) is 56.2 Å². The Morgan fingerprint density at radius 1 is 0.900 bits per heavy atom. The smallest absolute Gasteiger partial charge is 0.310 e. The zero-order chi connectivity index (χ0) is 36.7. The number of aliphatic hydroxyl groups is 6. The van der Waals surface area contributed by atoms with E-state index >= 15 is 0 Å². The van der Waals surface area contributed by atoms with E-state index < -0.39 is 59.0 Å². The van der Waals surface area contributed by atoms with Gasteiger partial charge in [0, 0.05) is 12.0 Å². The average Bonchev–Trinajstić information content (AvgIpc) is 3.07. The first kappa shape index (κ1) is 38.6. The molecular weight excluding hydrogens is 640 g/mol. The van der Waals surface area contributed by atoms with Gasteiger partial charge in [0.05, 0.1) is 30.8 Å². The summed E-state index contributed by atoms with van der Waals surface area (Å²) in [5.74, 6) is -0.539. The fraction of sp³-hybridized carbons (Fsp3) is 0.925. The molecular formula is C40H66O10. The predicted molar refractivity (Wildman–Crippen MR) is 187 cm³/mol. The summed E-state index contributed by atoms with van der Waals surface area (Å²) in [6, 6.07) is 0. The van der Waals surface area contributed by atoms with Gasteiger partial charge in [0.2, 0.25) is 0 Å². The number of aliphatic hydroxyl groups excluding tert-OH is 6. The molecule has 10 heteroatoms. The van der Waals surface area contributed by atoms with Crippen molar-refractivity contribution in [1.29, 1.82) is 0 Å². The summed E-state index contributed by atoms with van der Waals surface area (Å²) in [6.45, 7) is 13.0. The van der Waals surface area contributed by atoms with Crippen LogP contribution in [-0.4, -0.2) is 98.3 Å². The lowest BCUT2D eigenvalue weighted by atomic mass is 9.31. The zero-order valence-corrected chi connectivity index (χ0v) is 31.3. The van der Waals surface area contributed by atoms with Gasteiger partial charge in [0.1, 0.15) is 18.3 Å². The molecule has 16 atom stereocenters. The molecule has 6 rings (SSSR count). The van der Waals surface area contributed by atoms with Crippen molar-refractivity contribution >= 4 is 5.97 Å². The molecule has 1 heterocycles. The van der Waals surface area contributed by atoms with Gasteiger partial charge in [-0.2, -0.15) is 0 Å². The van der Waals surface area contributed by atoms with Crippen LogP contribution in [0.25, 0.3) is 0 Å². The van der Waals surface area contributed by atoms with Crippen molar-refractivity contribution < 1.29 is 50.0 Å². The molecule has 0 spiro atoms. The maximum Gasteiger partial charge on any atom is 0.310 e. The van der Waals surface area contributed by atoms with Crippen LogP contribution in [0.3, 0.4) is 0 Å². The van der Waals surface area contributed by atoms with Gasteiger partial charge in [0.15, 0.2) is 6.29 Å². The van der Waals surface area contributed by atoms with Gasteiger partial charge in [0.25, 0.3) is 0 Å². The normalized spacial score (nSPS) is 53.3. The Morgan fingerprint density at radius 3 is 2.26 bits per heavy atom. The zero-order valence-electron chi connectivity index (χ0n) is 31.3. The lowest BCUT2D eigenvalue weighted by Crippen LogP contribution is -2.70. The van der Waals surface area contributed by atoms with Gasteiger partial charge < -0.3 is 45.2 Å². The largest absolute Gasteiger partial charge is 0.481 e. The number of hydrogen-bond acceptors (Lipinski definition) is 9. The molecule has 4 saturated carbocycles. The van der Waals surface area contributed by atoms with E-state index in [0.29, 0.717) is 32.1 Å². The van der Waals surface area contributed by atoms with Crippen LogP contribution in [0.2, 0.25) is 0 Å². The maximum atomic E-state index is 13.4. The van der Waals surface area contributed by atoms with E-state index in [0.717, 1.165) is 44.9 Å². The molecule has 7 N–H and O–H groups in total. The Bertz CT molecular complexity index is 1310. The van der Waals surface area contributed by atoms with Crippen molar-refractivity contribution in [1.82, 2.24) is 0 Å². The van der Waals surface area contributed by atoms with Crippen molar-refractivity contribution in [3.63, 3.8) is 0 Å². The minimum absolute atomic E-state index is 0.0334. The summed E-state index contributed by atoms with van der Waals surface area (Å²) >= 11 is 0. The number of unbranched alkanes of at least 4 members (excludes halogenated alkanes) is 2. The van der Waals surface area contributed by atoms with Crippen LogP contribution in [0, 0.1) is 56.2 Å². The summed E-state index contributed by atoms with van der Waals surface area (Å²) < 4.78 is 11.9. The van der Waals surface area contributed by atoms with Crippen LogP contribution in [0.1, 0.15) is 119 Å². The third kappa shape index (κ3) is 5.43. The van der Waals surface area contributed by atoms with E-state index in [2.05, 4.69) is 40.7 Å². The molecule has 0 aromatic carbocycles. The van der Waals surface area contributed by atoms with E-state index in [1.807, 2.05) is 6.92 Å². The van der Waals surface area contributed by atoms with Crippen LogP contribution in [-0.2, 0) is 14.3 Å². The molecule has 5 fully saturated rings. The monoisotopic (exact) mass is 706 g/mol. The number of allylic oxidation sites excluding steroid dienone is 2. The average molecular weight is 707 g/mol. The lowest BCUT2D eigenvalue weighted by molar-refractivity contribution is -0.328. The lowest BCUT2D eigenvalue weighted by Gasteiger charge is -2.73. The quantitative estimate of drug-likeness (QED) is 0.103. The van der Waals surface area contributed by atoms with Crippen LogP contribution in [0.5, 0.6) is 0 Å². The van der Waals surface area contributed by atoms with Crippen LogP contribution < -0.4 is 0 Å². The number of carboxylic acid groups (broad SMARTS) is 1. The van der Waals surface area contributed by atoms with Crippen LogP contribution >= 0.6 is 0 Å². The third-order valence-corrected chi connectivity index (χ3v) is 16.5. The highest BCUT2D eigenvalue weighted by atomic mass is 16.7. The molecule has 50 heavy (non-hydrogen) atoms. The SMILES string of the molecule is CCCCC[C@H]1C[C@@]2(C(=O)O)CC[C@](C)(CO)C[C@H]2C2=CC[C@@H]3[C@@]4(C)C[C@@H](O)[C@@H](O[C@@H]5OC[C@@H](O)[C@H](O)[C@H]5O)[C@@](C)(CO)[C@H]4CC[C@@]3(C)[C@@]21C. The van der Waals surface area contributed by atoms with E-state index in [9.17, 15) is 40.5 Å². The van der Waals surface area contributed by atoms with E-state index in [-0.39, 0.29) is 59.7 Å². The van der Waals surface area contributed by atoms with Gasteiger partial charge in [-0.05, 0) is 103 Å². The second-order valence-electron chi connectivity index (χ2n) is 19.0. The van der Waals surface area contributed by atoms with Gasteiger partial charge in [-0.1, -0.05) is 72.5 Å². The number of ether oxygens (including phenoxy) is 2. The summed E-state index contributed by atoms with van der Waals surface area (Å²) in [4.78, 5) is 13.4. The number of carboxylic acids is 1. The Kier molecular flexibility index (Phi) is 10.3. The molecule has 0 unspecified atom stereocenters. The first-order valence-corrected chi connectivity index (χ1v) is 19.6. The fourth-order valence-corrected chi connectivity index (χ4v) is 13.4. The number of hydrogen-bond donors (Lipinski definition) is 7. The maximum absolute atomic E-state index is 13.4.